The summed E-state index contributed by atoms with van der Waals surface area (Å²) in [5.41, 5.74) is 1.83. The number of ether oxygens (including phenoxy) is 1. The second kappa shape index (κ2) is 9.17. The number of rotatable bonds is 8. The van der Waals surface area contributed by atoms with Crippen LogP contribution in [0, 0.1) is 12.7 Å². The molecule has 31 heavy (non-hydrogen) atoms. The molecule has 3 aromatic rings. The number of anilines is 4. The van der Waals surface area contributed by atoms with Gasteiger partial charge in [-0.3, -0.25) is 4.72 Å². The first kappa shape index (κ1) is 22.3. The molecule has 10 heteroatoms. The maximum Gasteiger partial charge on any atom is 0.262 e. The molecule has 1 heterocycles. The molecule has 0 bridgehead atoms. The lowest BCUT2D eigenvalue weighted by Gasteiger charge is -2.14. The van der Waals surface area contributed by atoms with Gasteiger partial charge in [0.15, 0.2) is 11.6 Å². The normalized spacial score (nSPS) is 11.1. The van der Waals surface area contributed by atoms with E-state index in [0.29, 0.717) is 17.3 Å². The summed E-state index contributed by atoms with van der Waals surface area (Å²) in [6.07, 6.45) is 0. The number of aromatic nitrogens is 2. The van der Waals surface area contributed by atoms with Crippen LogP contribution in [0.25, 0.3) is 0 Å². The zero-order valence-electron chi connectivity index (χ0n) is 17.7. The second-order valence-corrected chi connectivity index (χ2v) is 8.60. The Kier molecular flexibility index (Phi) is 6.59. The quantitative estimate of drug-likeness (QED) is 0.542. The molecule has 8 nitrogen and oxygen atoms in total. The Hall–Kier alpha value is -3.40. The average molecular weight is 446 g/mol. The van der Waals surface area contributed by atoms with Gasteiger partial charge in [-0.2, -0.15) is 4.98 Å². The minimum atomic E-state index is -3.96. The van der Waals surface area contributed by atoms with E-state index in [0.717, 1.165) is 17.6 Å². The van der Waals surface area contributed by atoms with Crippen LogP contribution in [0.4, 0.5) is 27.5 Å². The maximum atomic E-state index is 14.0. The molecule has 1 aromatic heterocycles. The lowest BCUT2D eigenvalue weighted by Crippen LogP contribution is -2.13. The number of nitrogens with zero attached hydrogens (tertiary/aromatic N) is 3. The van der Waals surface area contributed by atoms with Crippen molar-refractivity contribution in [2.24, 2.45) is 0 Å². The first-order valence-electron chi connectivity index (χ1n) is 9.53. The van der Waals surface area contributed by atoms with Gasteiger partial charge in [0.25, 0.3) is 10.0 Å². The zero-order valence-corrected chi connectivity index (χ0v) is 18.5. The molecule has 0 spiro atoms. The smallest absolute Gasteiger partial charge is 0.262 e. The molecule has 2 aromatic carbocycles. The van der Waals surface area contributed by atoms with Crippen molar-refractivity contribution in [1.82, 2.24) is 9.97 Å². The number of nitrogens with one attached hydrogen (secondary N) is 2. The number of benzene rings is 2. The standard InChI is InChI=1S/C21H24FN5O3S/c1-5-30-19-11-10-17(13-18(19)22)31(28,29)26-16-8-6-15(7-9-16)24-21-23-14(2)12-20(25-21)27(3)4/h6-13,26H,5H2,1-4H3,(H,23,24,25). The lowest BCUT2D eigenvalue weighted by molar-refractivity contribution is 0.321. The summed E-state index contributed by atoms with van der Waals surface area (Å²) in [7, 11) is -0.173. The summed E-state index contributed by atoms with van der Waals surface area (Å²) in [4.78, 5) is 10.5. The monoisotopic (exact) mass is 445 g/mol. The molecule has 3 rings (SSSR count). The van der Waals surface area contributed by atoms with Crippen LogP contribution in [0.3, 0.4) is 0 Å². The van der Waals surface area contributed by atoms with Crippen LogP contribution in [0.15, 0.2) is 53.4 Å². The van der Waals surface area contributed by atoms with E-state index in [-0.39, 0.29) is 17.3 Å². The van der Waals surface area contributed by atoms with Gasteiger partial charge >= 0.3 is 0 Å². The molecule has 0 unspecified atom stereocenters. The summed E-state index contributed by atoms with van der Waals surface area (Å²) < 4.78 is 46.7. The molecule has 0 aliphatic carbocycles. The number of halogens is 1. The van der Waals surface area contributed by atoms with E-state index < -0.39 is 15.8 Å². The van der Waals surface area contributed by atoms with Crippen molar-refractivity contribution in [2.75, 3.05) is 35.6 Å². The maximum absolute atomic E-state index is 14.0. The van der Waals surface area contributed by atoms with Crippen LogP contribution in [-0.4, -0.2) is 39.1 Å². The molecule has 164 valence electrons. The summed E-state index contributed by atoms with van der Waals surface area (Å²) in [5, 5.41) is 3.10. The van der Waals surface area contributed by atoms with Crippen LogP contribution in [0.5, 0.6) is 5.75 Å². The first-order chi connectivity index (χ1) is 14.7. The van der Waals surface area contributed by atoms with Crippen molar-refractivity contribution in [3.63, 3.8) is 0 Å². The Bertz CT molecular complexity index is 1170. The summed E-state index contributed by atoms with van der Waals surface area (Å²) >= 11 is 0. The van der Waals surface area contributed by atoms with Crippen molar-refractivity contribution in [3.8, 4) is 5.75 Å². The van der Waals surface area contributed by atoms with Crippen molar-refractivity contribution in [2.45, 2.75) is 18.7 Å². The number of sulfonamides is 1. The third kappa shape index (κ3) is 5.60. The van der Waals surface area contributed by atoms with Crippen molar-refractivity contribution >= 4 is 33.2 Å². The predicted octanol–water partition coefficient (Wildman–Crippen LogP) is 3.93. The molecule has 0 atom stereocenters. The lowest BCUT2D eigenvalue weighted by atomic mass is 10.3. The molecule has 0 fully saturated rings. The van der Waals surface area contributed by atoms with E-state index >= 15 is 0 Å². The fourth-order valence-electron chi connectivity index (χ4n) is 2.72. The molecule has 0 aliphatic rings. The molecular formula is C21H24FN5O3S. The van der Waals surface area contributed by atoms with Gasteiger partial charge < -0.3 is 15.0 Å². The molecule has 0 radical (unpaired) electrons. The highest BCUT2D eigenvalue weighted by molar-refractivity contribution is 7.92. The van der Waals surface area contributed by atoms with Crippen LogP contribution < -0.4 is 19.7 Å². The summed E-state index contributed by atoms with van der Waals surface area (Å²) in [6.45, 7) is 3.88. The van der Waals surface area contributed by atoms with Gasteiger partial charge in [0, 0.05) is 37.2 Å². The number of hydrogen-bond acceptors (Lipinski definition) is 7. The molecule has 0 amide bonds. The van der Waals surface area contributed by atoms with Crippen LogP contribution in [0.2, 0.25) is 0 Å². The van der Waals surface area contributed by atoms with Gasteiger partial charge in [0.05, 0.1) is 11.5 Å². The van der Waals surface area contributed by atoms with Crippen molar-refractivity contribution in [3.05, 3.63) is 60.0 Å². The van der Waals surface area contributed by atoms with E-state index in [2.05, 4.69) is 20.0 Å². The Morgan fingerprint density at radius 2 is 1.71 bits per heavy atom. The Balaban J connectivity index is 1.74. The third-order valence-electron chi connectivity index (χ3n) is 4.21. The van der Waals surface area contributed by atoms with E-state index in [1.807, 2.05) is 32.0 Å². The predicted molar refractivity (Wildman–Crippen MR) is 119 cm³/mol. The highest BCUT2D eigenvalue weighted by atomic mass is 32.2. The minimum absolute atomic E-state index is 0.00710. The molecule has 0 saturated heterocycles. The fourth-order valence-corrected chi connectivity index (χ4v) is 3.79. The van der Waals surface area contributed by atoms with Crippen LogP contribution in [-0.2, 0) is 10.0 Å². The highest BCUT2D eigenvalue weighted by Crippen LogP contribution is 2.24. The number of hydrogen-bond donors (Lipinski definition) is 2. The fraction of sp³-hybridized carbons (Fsp3) is 0.238. The van der Waals surface area contributed by atoms with Gasteiger partial charge in [0.1, 0.15) is 5.82 Å². The number of aryl methyl sites for hydroxylation is 1. The van der Waals surface area contributed by atoms with E-state index in [9.17, 15) is 12.8 Å². The summed E-state index contributed by atoms with van der Waals surface area (Å²) in [6, 6.07) is 12.0. The zero-order chi connectivity index (χ0) is 22.6. The topological polar surface area (TPSA) is 96.5 Å². The second-order valence-electron chi connectivity index (χ2n) is 6.92. The van der Waals surface area contributed by atoms with Gasteiger partial charge in [-0.05, 0) is 56.3 Å². The average Bonchev–Trinajstić information content (AvgIpc) is 2.70. The molecular weight excluding hydrogens is 421 g/mol. The Morgan fingerprint density at radius 3 is 2.32 bits per heavy atom. The van der Waals surface area contributed by atoms with Gasteiger partial charge in [-0.1, -0.05) is 0 Å². The van der Waals surface area contributed by atoms with Crippen molar-refractivity contribution < 1.29 is 17.5 Å². The van der Waals surface area contributed by atoms with E-state index in [1.165, 1.54) is 12.1 Å². The van der Waals surface area contributed by atoms with Gasteiger partial charge in [-0.25, -0.2) is 17.8 Å². The third-order valence-corrected chi connectivity index (χ3v) is 5.58. The van der Waals surface area contributed by atoms with E-state index in [1.54, 1.807) is 31.2 Å². The van der Waals surface area contributed by atoms with Crippen molar-refractivity contribution in [1.29, 1.82) is 0 Å². The molecule has 2 N–H and O–H groups in total. The largest absolute Gasteiger partial charge is 0.491 e. The minimum Gasteiger partial charge on any atom is -0.491 e. The van der Waals surface area contributed by atoms with Gasteiger partial charge in [0.2, 0.25) is 5.95 Å². The Labute approximate surface area is 181 Å². The highest BCUT2D eigenvalue weighted by Gasteiger charge is 2.17. The molecule has 0 aliphatic heterocycles. The summed E-state index contributed by atoms with van der Waals surface area (Å²) in [5.74, 6) is 0.469. The molecule has 0 saturated carbocycles. The SMILES string of the molecule is CCOc1ccc(S(=O)(=O)Nc2ccc(Nc3nc(C)cc(N(C)C)n3)cc2)cc1F. The van der Waals surface area contributed by atoms with Crippen LogP contribution >= 0.6 is 0 Å². The Morgan fingerprint density at radius 1 is 1.03 bits per heavy atom. The van der Waals surface area contributed by atoms with Gasteiger partial charge in [-0.15, -0.1) is 0 Å². The van der Waals surface area contributed by atoms with E-state index in [4.69, 9.17) is 4.74 Å². The van der Waals surface area contributed by atoms with Crippen LogP contribution in [0.1, 0.15) is 12.6 Å². The first-order valence-corrected chi connectivity index (χ1v) is 11.0.